The molecule has 0 aliphatic heterocycles. The van der Waals surface area contributed by atoms with Crippen molar-refractivity contribution in [3.8, 4) is 11.3 Å². The first-order valence-corrected chi connectivity index (χ1v) is 8.62. The first kappa shape index (κ1) is 16.5. The van der Waals surface area contributed by atoms with Crippen LogP contribution in [0.15, 0.2) is 65.3 Å². The Morgan fingerprint density at radius 1 is 1.15 bits per heavy atom. The number of benzene rings is 1. The van der Waals surface area contributed by atoms with Gasteiger partial charge in [-0.1, -0.05) is 41.6 Å². The van der Waals surface area contributed by atoms with Gasteiger partial charge in [0.25, 0.3) is 5.91 Å². The molecule has 0 spiro atoms. The first-order valence-electron chi connectivity index (χ1n) is 8.62. The molecular formula is C20H19N3O3. The molecule has 2 heterocycles. The molecule has 132 valence electrons. The van der Waals surface area contributed by atoms with Crippen LogP contribution in [0, 0.1) is 5.92 Å². The summed E-state index contributed by atoms with van der Waals surface area (Å²) in [6.07, 6.45) is 2.69. The van der Waals surface area contributed by atoms with E-state index in [9.17, 15) is 9.90 Å². The number of nitrogens with zero attached hydrogens (tertiary/aromatic N) is 2. The molecule has 1 fully saturated rings. The van der Waals surface area contributed by atoms with Crippen LogP contribution in [-0.4, -0.2) is 27.3 Å². The molecule has 0 saturated heterocycles. The average molecular weight is 349 g/mol. The highest BCUT2D eigenvalue weighted by atomic mass is 16.5. The summed E-state index contributed by atoms with van der Waals surface area (Å²) < 4.78 is 5.31. The molecule has 1 aliphatic rings. The zero-order valence-electron chi connectivity index (χ0n) is 14.1. The number of nitrogens with one attached hydrogen (secondary N) is 1. The van der Waals surface area contributed by atoms with Crippen LogP contribution < -0.4 is 5.32 Å². The number of aliphatic hydroxyl groups excluding tert-OH is 1. The Balaban J connectivity index is 1.53. The molecule has 3 aromatic rings. The van der Waals surface area contributed by atoms with E-state index in [4.69, 9.17) is 4.52 Å². The van der Waals surface area contributed by atoms with Crippen LogP contribution in [0.3, 0.4) is 0 Å². The predicted molar refractivity (Wildman–Crippen MR) is 95.1 cm³/mol. The van der Waals surface area contributed by atoms with Gasteiger partial charge in [0.2, 0.25) is 0 Å². The normalized spacial score (nSPS) is 20.2. The molecule has 1 atom stereocenters. The van der Waals surface area contributed by atoms with Crippen molar-refractivity contribution in [3.63, 3.8) is 0 Å². The fraction of sp³-hybridized carbons (Fsp3) is 0.250. The van der Waals surface area contributed by atoms with Crippen molar-refractivity contribution in [1.82, 2.24) is 15.5 Å². The van der Waals surface area contributed by atoms with Crippen LogP contribution in [0.5, 0.6) is 0 Å². The maximum atomic E-state index is 12.7. The highest BCUT2D eigenvalue weighted by Crippen LogP contribution is 2.37. The van der Waals surface area contributed by atoms with Crippen molar-refractivity contribution in [1.29, 1.82) is 0 Å². The van der Waals surface area contributed by atoms with Gasteiger partial charge in [-0.2, -0.15) is 0 Å². The van der Waals surface area contributed by atoms with Crippen molar-refractivity contribution < 1.29 is 14.4 Å². The second kappa shape index (κ2) is 7.09. The Labute approximate surface area is 150 Å². The maximum Gasteiger partial charge on any atom is 0.274 e. The molecule has 1 amide bonds. The van der Waals surface area contributed by atoms with Gasteiger partial charge in [0.1, 0.15) is 0 Å². The highest BCUT2D eigenvalue weighted by molar-refractivity contribution is 5.93. The molecule has 0 bridgehead atoms. The van der Waals surface area contributed by atoms with Crippen molar-refractivity contribution in [2.45, 2.75) is 25.0 Å². The molecule has 6 heteroatoms. The Bertz CT molecular complexity index is 874. The quantitative estimate of drug-likeness (QED) is 0.739. The van der Waals surface area contributed by atoms with E-state index in [1.165, 1.54) is 0 Å². The van der Waals surface area contributed by atoms with E-state index in [-0.39, 0.29) is 29.7 Å². The standard InChI is InChI=1S/C20H19N3O3/c24-15-10-14(11-15)19(16-8-4-5-9-21-16)22-20(25)17-12-18(26-23-17)13-6-2-1-3-7-13/h1-9,12,14-15,19,24H,10-11H2,(H,22,25)/t14?,15?,19-/m0/s1. The van der Waals surface area contributed by atoms with Crippen molar-refractivity contribution in [2.24, 2.45) is 5.92 Å². The van der Waals surface area contributed by atoms with Crippen LogP contribution in [0.25, 0.3) is 11.3 Å². The average Bonchev–Trinajstić information content (AvgIpc) is 3.15. The largest absolute Gasteiger partial charge is 0.393 e. The maximum absolute atomic E-state index is 12.7. The molecule has 2 N–H and O–H groups in total. The van der Waals surface area contributed by atoms with Gasteiger partial charge in [-0.05, 0) is 30.9 Å². The molecule has 0 unspecified atom stereocenters. The van der Waals surface area contributed by atoms with E-state index in [0.29, 0.717) is 18.6 Å². The molecule has 1 saturated carbocycles. The van der Waals surface area contributed by atoms with Gasteiger partial charge in [0.15, 0.2) is 11.5 Å². The van der Waals surface area contributed by atoms with Crippen molar-refractivity contribution >= 4 is 5.91 Å². The number of rotatable bonds is 5. The number of amides is 1. The minimum absolute atomic E-state index is 0.157. The smallest absolute Gasteiger partial charge is 0.274 e. The molecule has 4 rings (SSSR count). The van der Waals surface area contributed by atoms with E-state index in [0.717, 1.165) is 11.3 Å². The summed E-state index contributed by atoms with van der Waals surface area (Å²) in [5.74, 6) is 0.390. The lowest BCUT2D eigenvalue weighted by molar-refractivity contribution is 0.0227. The third-order valence-corrected chi connectivity index (χ3v) is 4.72. The second-order valence-electron chi connectivity index (χ2n) is 6.53. The van der Waals surface area contributed by atoms with Crippen molar-refractivity contribution in [3.05, 3.63) is 72.2 Å². The summed E-state index contributed by atoms with van der Waals surface area (Å²) in [5, 5.41) is 16.5. The monoisotopic (exact) mass is 349 g/mol. The summed E-state index contributed by atoms with van der Waals surface area (Å²) in [7, 11) is 0. The molecule has 1 aromatic carbocycles. The van der Waals surface area contributed by atoms with Crippen LogP contribution in [0.2, 0.25) is 0 Å². The number of pyridine rings is 1. The predicted octanol–water partition coefficient (Wildman–Crippen LogP) is 2.98. The number of carbonyl (C=O) groups is 1. The lowest BCUT2D eigenvalue weighted by Gasteiger charge is -2.37. The Morgan fingerprint density at radius 3 is 2.62 bits per heavy atom. The fourth-order valence-corrected chi connectivity index (χ4v) is 3.23. The summed E-state index contributed by atoms with van der Waals surface area (Å²) in [4.78, 5) is 17.0. The van der Waals surface area contributed by atoms with Crippen LogP contribution in [0.4, 0.5) is 0 Å². The summed E-state index contributed by atoms with van der Waals surface area (Å²) in [5.41, 5.74) is 1.87. The van der Waals surface area contributed by atoms with Crippen LogP contribution >= 0.6 is 0 Å². The lowest BCUT2D eigenvalue weighted by Crippen LogP contribution is -2.41. The highest BCUT2D eigenvalue weighted by Gasteiger charge is 2.36. The summed E-state index contributed by atoms with van der Waals surface area (Å²) in [6, 6.07) is 16.5. The lowest BCUT2D eigenvalue weighted by atomic mass is 9.76. The molecule has 2 aromatic heterocycles. The molecule has 0 radical (unpaired) electrons. The molecular weight excluding hydrogens is 330 g/mol. The van der Waals surface area contributed by atoms with Gasteiger partial charge < -0.3 is 14.9 Å². The Kier molecular flexibility index (Phi) is 4.50. The van der Waals surface area contributed by atoms with E-state index in [1.54, 1.807) is 12.3 Å². The Hall–Kier alpha value is -2.99. The minimum atomic E-state index is -0.312. The van der Waals surface area contributed by atoms with Crippen LogP contribution in [0.1, 0.15) is 35.1 Å². The number of hydrogen-bond acceptors (Lipinski definition) is 5. The van der Waals surface area contributed by atoms with Crippen molar-refractivity contribution in [2.75, 3.05) is 0 Å². The summed E-state index contributed by atoms with van der Waals surface area (Å²) in [6.45, 7) is 0. The minimum Gasteiger partial charge on any atom is -0.393 e. The van der Waals surface area contributed by atoms with Crippen LogP contribution in [-0.2, 0) is 0 Å². The van der Waals surface area contributed by atoms with Gasteiger partial charge in [-0.25, -0.2) is 0 Å². The van der Waals surface area contributed by atoms with Gasteiger partial charge in [-0.3, -0.25) is 9.78 Å². The number of aromatic nitrogens is 2. The fourth-order valence-electron chi connectivity index (χ4n) is 3.23. The van der Waals surface area contributed by atoms with Gasteiger partial charge in [0, 0.05) is 17.8 Å². The zero-order chi connectivity index (χ0) is 17.9. The third-order valence-electron chi connectivity index (χ3n) is 4.72. The molecule has 26 heavy (non-hydrogen) atoms. The number of carbonyl (C=O) groups excluding carboxylic acids is 1. The van der Waals surface area contributed by atoms with Gasteiger partial charge in [0.05, 0.1) is 17.8 Å². The topological polar surface area (TPSA) is 88.2 Å². The third kappa shape index (κ3) is 3.36. The second-order valence-corrected chi connectivity index (χ2v) is 6.53. The first-order chi connectivity index (χ1) is 12.7. The number of aliphatic hydroxyl groups is 1. The van der Waals surface area contributed by atoms with Gasteiger partial charge >= 0.3 is 0 Å². The zero-order valence-corrected chi connectivity index (χ0v) is 14.1. The molecule has 1 aliphatic carbocycles. The summed E-state index contributed by atoms with van der Waals surface area (Å²) >= 11 is 0. The van der Waals surface area contributed by atoms with E-state index >= 15 is 0 Å². The number of hydrogen-bond donors (Lipinski definition) is 2. The van der Waals surface area contributed by atoms with Gasteiger partial charge in [-0.15, -0.1) is 0 Å². The van der Waals surface area contributed by atoms with E-state index in [2.05, 4.69) is 15.5 Å². The van der Waals surface area contributed by atoms with E-state index in [1.807, 2.05) is 48.5 Å². The Morgan fingerprint density at radius 2 is 1.92 bits per heavy atom. The SMILES string of the molecule is O=C(N[C@H](c1ccccn1)C1CC(O)C1)c1cc(-c2ccccc2)on1. The van der Waals surface area contributed by atoms with E-state index < -0.39 is 0 Å². The molecule has 6 nitrogen and oxygen atoms in total.